The predicted molar refractivity (Wildman–Crippen MR) is 67.7 cm³/mol. The molecule has 7 nitrogen and oxygen atoms in total. The Hall–Kier alpha value is -2.28. The second kappa shape index (κ2) is 6.92. The molecule has 1 aromatic rings. The summed E-state index contributed by atoms with van der Waals surface area (Å²) < 4.78 is 104. The highest BCUT2D eigenvalue weighted by Crippen LogP contribution is 2.38. The summed E-state index contributed by atoms with van der Waals surface area (Å²) in [7, 11) is -5.94. The minimum atomic E-state index is -6.82. The standard InChI is InChI=1S/C12H9F5O7S/c1-23-8(18)6-4-2-3-5-7(6)9(19)24-10(11(13,14)15)12(16,17)25(20,21)22/h2-5,10H,1H3,(H,20,21,22)/p-1. The number of ether oxygens (including phenoxy) is 2. The van der Waals surface area contributed by atoms with Gasteiger partial charge in [-0.1, -0.05) is 12.1 Å². The number of hydrogen-bond donors (Lipinski definition) is 0. The highest BCUT2D eigenvalue weighted by molar-refractivity contribution is 7.86. The first kappa shape index (κ1) is 20.8. The highest BCUT2D eigenvalue weighted by Gasteiger charge is 2.63. The minimum Gasteiger partial charge on any atom is -0.743 e. The Bertz CT molecular complexity index is 772. The van der Waals surface area contributed by atoms with Crippen molar-refractivity contribution in [2.24, 2.45) is 0 Å². The van der Waals surface area contributed by atoms with Crippen LogP contribution in [0, 0.1) is 0 Å². The molecule has 0 aliphatic carbocycles. The van der Waals surface area contributed by atoms with E-state index in [0.29, 0.717) is 0 Å². The SMILES string of the molecule is COC(=O)c1ccccc1C(=O)OC(C(F)(F)F)C(F)(F)S(=O)(=O)[O-]. The second-order valence-corrected chi connectivity index (χ2v) is 5.83. The third-order valence-corrected chi connectivity index (χ3v) is 3.59. The third kappa shape index (κ3) is 4.42. The van der Waals surface area contributed by atoms with E-state index >= 15 is 0 Å². The van der Waals surface area contributed by atoms with Crippen LogP contribution in [-0.2, 0) is 19.6 Å². The molecule has 0 aromatic heterocycles. The molecule has 1 atom stereocenters. The average molecular weight is 391 g/mol. The number of carbonyl (C=O) groups excluding carboxylic acids is 2. The monoisotopic (exact) mass is 391 g/mol. The maximum absolute atomic E-state index is 13.3. The zero-order valence-corrected chi connectivity index (χ0v) is 12.9. The molecule has 0 aliphatic rings. The van der Waals surface area contributed by atoms with Crippen molar-refractivity contribution in [3.05, 3.63) is 35.4 Å². The number of benzene rings is 1. The number of rotatable bonds is 5. The van der Waals surface area contributed by atoms with E-state index in [1.165, 1.54) is 6.07 Å². The van der Waals surface area contributed by atoms with E-state index < -0.39 is 50.7 Å². The van der Waals surface area contributed by atoms with Gasteiger partial charge >= 0.3 is 23.4 Å². The Morgan fingerprint density at radius 1 is 1.04 bits per heavy atom. The smallest absolute Gasteiger partial charge is 0.432 e. The van der Waals surface area contributed by atoms with Crippen LogP contribution in [0.1, 0.15) is 20.7 Å². The van der Waals surface area contributed by atoms with Crippen molar-refractivity contribution in [2.75, 3.05) is 7.11 Å². The molecule has 0 saturated heterocycles. The van der Waals surface area contributed by atoms with Crippen molar-refractivity contribution in [2.45, 2.75) is 17.5 Å². The van der Waals surface area contributed by atoms with Gasteiger partial charge in [-0.2, -0.15) is 22.0 Å². The van der Waals surface area contributed by atoms with Crippen molar-refractivity contribution in [3.8, 4) is 0 Å². The van der Waals surface area contributed by atoms with Gasteiger partial charge in [0.05, 0.1) is 18.2 Å². The summed E-state index contributed by atoms with van der Waals surface area (Å²) in [6.07, 6.45) is -10.7. The summed E-state index contributed by atoms with van der Waals surface area (Å²) >= 11 is 0. The zero-order chi connectivity index (χ0) is 19.6. The lowest BCUT2D eigenvalue weighted by Gasteiger charge is -2.29. The molecule has 0 amide bonds. The summed E-state index contributed by atoms with van der Waals surface area (Å²) in [6, 6.07) is 3.93. The lowest BCUT2D eigenvalue weighted by Crippen LogP contribution is -2.52. The molecule has 0 spiro atoms. The van der Waals surface area contributed by atoms with Gasteiger partial charge in [0, 0.05) is 0 Å². The molecule has 0 N–H and O–H groups in total. The van der Waals surface area contributed by atoms with Crippen LogP contribution in [-0.4, -0.2) is 49.6 Å². The van der Waals surface area contributed by atoms with Gasteiger partial charge in [-0.05, 0) is 12.1 Å². The molecule has 1 rings (SSSR count). The van der Waals surface area contributed by atoms with Gasteiger partial charge in [-0.15, -0.1) is 0 Å². The molecule has 0 heterocycles. The number of halogens is 5. The van der Waals surface area contributed by atoms with Crippen molar-refractivity contribution < 1.29 is 54.0 Å². The molecule has 0 radical (unpaired) electrons. The molecule has 0 bridgehead atoms. The van der Waals surface area contributed by atoms with Crippen molar-refractivity contribution in [1.82, 2.24) is 0 Å². The Labute approximate surface area is 137 Å². The Morgan fingerprint density at radius 2 is 1.48 bits per heavy atom. The van der Waals surface area contributed by atoms with Gasteiger partial charge in [0.2, 0.25) is 0 Å². The van der Waals surface area contributed by atoms with Gasteiger partial charge in [0.1, 0.15) is 0 Å². The van der Waals surface area contributed by atoms with Gasteiger partial charge in [-0.3, -0.25) is 0 Å². The van der Waals surface area contributed by atoms with E-state index in [2.05, 4.69) is 9.47 Å². The molecule has 0 saturated carbocycles. The first-order chi connectivity index (χ1) is 11.2. The maximum Gasteiger partial charge on any atom is 0.432 e. The second-order valence-electron chi connectivity index (χ2n) is 4.38. The van der Waals surface area contributed by atoms with E-state index in [1.807, 2.05) is 0 Å². The van der Waals surface area contributed by atoms with Gasteiger partial charge in [0.25, 0.3) is 6.10 Å². The molecule has 1 unspecified atom stereocenters. The van der Waals surface area contributed by atoms with Crippen LogP contribution >= 0.6 is 0 Å². The topological polar surface area (TPSA) is 110 Å². The molecular weight excluding hydrogens is 383 g/mol. The minimum absolute atomic E-state index is 0.621. The van der Waals surface area contributed by atoms with E-state index in [4.69, 9.17) is 0 Å². The molecule has 1 aromatic carbocycles. The molecule has 25 heavy (non-hydrogen) atoms. The lowest BCUT2D eigenvalue weighted by molar-refractivity contribution is -0.248. The third-order valence-electron chi connectivity index (χ3n) is 2.71. The molecule has 0 aliphatic heterocycles. The van der Waals surface area contributed by atoms with E-state index in [9.17, 15) is 44.5 Å². The Kier molecular flexibility index (Phi) is 5.74. The maximum atomic E-state index is 13.3. The highest BCUT2D eigenvalue weighted by atomic mass is 32.2. The van der Waals surface area contributed by atoms with Crippen LogP contribution in [0.3, 0.4) is 0 Å². The average Bonchev–Trinajstić information content (AvgIpc) is 2.49. The van der Waals surface area contributed by atoms with Gasteiger partial charge in [-0.25, -0.2) is 18.0 Å². The fraction of sp³-hybridized carbons (Fsp3) is 0.333. The quantitative estimate of drug-likeness (QED) is 0.427. The van der Waals surface area contributed by atoms with Crippen LogP contribution in [0.2, 0.25) is 0 Å². The first-order valence-corrected chi connectivity index (χ1v) is 7.42. The summed E-state index contributed by atoms with van der Waals surface area (Å²) in [5.41, 5.74) is -1.52. The summed E-state index contributed by atoms with van der Waals surface area (Å²) in [4.78, 5) is 23.2. The Morgan fingerprint density at radius 3 is 1.84 bits per heavy atom. The molecule has 0 fully saturated rings. The van der Waals surface area contributed by atoms with Gasteiger partial charge in [0.15, 0.2) is 10.1 Å². The number of alkyl halides is 5. The fourth-order valence-corrected chi connectivity index (χ4v) is 2.02. The number of methoxy groups -OCH3 is 1. The summed E-state index contributed by atoms with van der Waals surface area (Å²) in [5, 5.41) is -5.99. The first-order valence-electron chi connectivity index (χ1n) is 6.01. The zero-order valence-electron chi connectivity index (χ0n) is 12.0. The fourth-order valence-electron chi connectivity index (χ4n) is 1.58. The number of carbonyl (C=O) groups is 2. The van der Waals surface area contributed by atoms with Crippen LogP contribution in [0.4, 0.5) is 22.0 Å². The van der Waals surface area contributed by atoms with Crippen molar-refractivity contribution in [3.63, 3.8) is 0 Å². The van der Waals surface area contributed by atoms with Gasteiger partial charge < -0.3 is 14.0 Å². The Balaban J connectivity index is 3.33. The van der Waals surface area contributed by atoms with Crippen LogP contribution in [0.15, 0.2) is 24.3 Å². The summed E-state index contributed by atoms with van der Waals surface area (Å²) in [6.45, 7) is 0. The predicted octanol–water partition coefficient (Wildman–Crippen LogP) is 1.70. The summed E-state index contributed by atoms with van der Waals surface area (Å²) in [5.74, 6) is -3.30. The van der Waals surface area contributed by atoms with Crippen LogP contribution in [0.25, 0.3) is 0 Å². The lowest BCUT2D eigenvalue weighted by atomic mass is 10.1. The number of esters is 2. The van der Waals surface area contributed by atoms with Crippen molar-refractivity contribution >= 4 is 22.1 Å². The van der Waals surface area contributed by atoms with Crippen molar-refractivity contribution in [1.29, 1.82) is 0 Å². The van der Waals surface area contributed by atoms with Crippen LogP contribution < -0.4 is 0 Å². The van der Waals surface area contributed by atoms with E-state index in [-0.39, 0.29) is 0 Å². The largest absolute Gasteiger partial charge is 0.743 e. The number of hydrogen-bond acceptors (Lipinski definition) is 7. The normalized spacial score (nSPS) is 13.9. The molecule has 140 valence electrons. The van der Waals surface area contributed by atoms with E-state index in [0.717, 1.165) is 25.3 Å². The van der Waals surface area contributed by atoms with Crippen LogP contribution in [0.5, 0.6) is 0 Å². The molecular formula is C12H8F5O7S-. The molecule has 13 heteroatoms. The van der Waals surface area contributed by atoms with E-state index in [1.54, 1.807) is 0 Å².